The van der Waals surface area contributed by atoms with Gasteiger partial charge in [-0.15, -0.1) is 0 Å². The number of nitrogens with zero attached hydrogens (tertiary/aromatic N) is 4. The van der Waals surface area contributed by atoms with Gasteiger partial charge in [0.25, 0.3) is 0 Å². The molecule has 1 unspecified atom stereocenters. The van der Waals surface area contributed by atoms with E-state index >= 15 is 0 Å². The molecule has 0 radical (unpaired) electrons. The molecule has 1 saturated carbocycles. The Labute approximate surface area is 185 Å². The fourth-order valence-electron chi connectivity index (χ4n) is 4.05. The molecular weight excluding hydrogens is 422 g/mol. The molecule has 0 bridgehead atoms. The SMILES string of the molecule is COC(=O)N1C(=O)N(c2ccccc2Cl)C(C)c2cnc(NC3CCC(O)CC3)nc21. The molecule has 2 aliphatic rings. The van der Waals surface area contributed by atoms with E-state index in [-0.39, 0.29) is 18.0 Å². The first kappa shape index (κ1) is 21.3. The average Bonchev–Trinajstić information content (AvgIpc) is 2.76. The van der Waals surface area contributed by atoms with Gasteiger partial charge >= 0.3 is 12.1 Å². The Morgan fingerprint density at radius 2 is 1.97 bits per heavy atom. The smallest absolute Gasteiger partial charge is 0.423 e. The zero-order valence-corrected chi connectivity index (χ0v) is 18.0. The second-order valence-corrected chi connectivity index (χ2v) is 8.11. The predicted molar refractivity (Wildman–Crippen MR) is 117 cm³/mol. The summed E-state index contributed by atoms with van der Waals surface area (Å²) in [6.07, 6.45) is 3.49. The molecular formula is C21H24ClN5O4. The van der Waals surface area contributed by atoms with Crippen molar-refractivity contribution in [1.29, 1.82) is 0 Å². The van der Waals surface area contributed by atoms with E-state index in [2.05, 4.69) is 15.3 Å². The summed E-state index contributed by atoms with van der Waals surface area (Å²) in [6, 6.07) is 5.98. The lowest BCUT2D eigenvalue weighted by Gasteiger charge is -2.39. The summed E-state index contributed by atoms with van der Waals surface area (Å²) in [5.41, 5.74) is 1.07. The molecule has 164 valence electrons. The van der Waals surface area contributed by atoms with Crippen molar-refractivity contribution in [3.63, 3.8) is 0 Å². The predicted octanol–water partition coefficient (Wildman–Crippen LogP) is 4.12. The highest BCUT2D eigenvalue weighted by Crippen LogP contribution is 2.41. The second kappa shape index (κ2) is 8.68. The monoisotopic (exact) mass is 445 g/mol. The molecule has 10 heteroatoms. The highest BCUT2D eigenvalue weighted by atomic mass is 35.5. The Balaban J connectivity index is 1.71. The molecule has 1 fully saturated rings. The van der Waals surface area contributed by atoms with E-state index in [9.17, 15) is 14.7 Å². The summed E-state index contributed by atoms with van der Waals surface area (Å²) >= 11 is 6.33. The summed E-state index contributed by atoms with van der Waals surface area (Å²) in [4.78, 5) is 37.2. The lowest BCUT2D eigenvalue weighted by molar-refractivity contribution is 0.126. The van der Waals surface area contributed by atoms with Crippen LogP contribution in [0, 0.1) is 0 Å². The van der Waals surface area contributed by atoms with Crippen LogP contribution in [0.3, 0.4) is 0 Å². The number of anilines is 3. The van der Waals surface area contributed by atoms with Crippen LogP contribution in [-0.2, 0) is 4.74 Å². The number of hydrogen-bond donors (Lipinski definition) is 2. The molecule has 31 heavy (non-hydrogen) atoms. The fourth-order valence-corrected chi connectivity index (χ4v) is 4.27. The molecule has 1 atom stereocenters. The van der Waals surface area contributed by atoms with Gasteiger partial charge in [-0.1, -0.05) is 23.7 Å². The number of para-hydroxylation sites is 1. The van der Waals surface area contributed by atoms with Crippen LogP contribution >= 0.6 is 11.6 Å². The maximum atomic E-state index is 13.4. The first-order chi connectivity index (χ1) is 14.9. The van der Waals surface area contributed by atoms with Crippen LogP contribution < -0.4 is 15.1 Å². The number of benzene rings is 1. The highest BCUT2D eigenvalue weighted by molar-refractivity contribution is 6.34. The van der Waals surface area contributed by atoms with E-state index in [1.807, 2.05) is 6.92 Å². The first-order valence-corrected chi connectivity index (χ1v) is 10.6. The van der Waals surface area contributed by atoms with Crippen molar-refractivity contribution in [1.82, 2.24) is 9.97 Å². The van der Waals surface area contributed by atoms with Crippen LogP contribution in [0.2, 0.25) is 5.02 Å². The molecule has 3 amide bonds. The number of hydrogen-bond acceptors (Lipinski definition) is 7. The Bertz CT molecular complexity index is 995. The molecule has 2 aromatic rings. The molecule has 0 spiro atoms. The van der Waals surface area contributed by atoms with Crippen molar-refractivity contribution in [2.24, 2.45) is 0 Å². The third-order valence-corrected chi connectivity index (χ3v) is 6.06. The Morgan fingerprint density at radius 1 is 1.26 bits per heavy atom. The topological polar surface area (TPSA) is 108 Å². The van der Waals surface area contributed by atoms with Gasteiger partial charge in [0, 0.05) is 17.8 Å². The number of ether oxygens (including phenoxy) is 1. The zero-order chi connectivity index (χ0) is 22.1. The maximum absolute atomic E-state index is 13.4. The standard InChI is InChI=1S/C21H24ClN5O4/c1-12-15-11-23-19(24-13-7-9-14(28)10-8-13)25-18(15)27(21(30)31-2)20(29)26(12)17-6-4-3-5-16(17)22/h3-6,11-14,28H,7-10H2,1-2H3,(H,23,24,25). The molecule has 1 aliphatic heterocycles. The summed E-state index contributed by atoms with van der Waals surface area (Å²) in [6.45, 7) is 1.83. The minimum Gasteiger partial charge on any atom is -0.452 e. The molecule has 9 nitrogen and oxygen atoms in total. The summed E-state index contributed by atoms with van der Waals surface area (Å²) < 4.78 is 4.87. The van der Waals surface area contributed by atoms with Crippen molar-refractivity contribution in [2.45, 2.75) is 50.8 Å². The third kappa shape index (κ3) is 4.03. The maximum Gasteiger partial charge on any atom is 0.423 e. The van der Waals surface area contributed by atoms with Crippen LogP contribution in [0.4, 0.5) is 27.0 Å². The van der Waals surface area contributed by atoms with E-state index in [1.54, 1.807) is 30.5 Å². The highest BCUT2D eigenvalue weighted by Gasteiger charge is 2.42. The van der Waals surface area contributed by atoms with Crippen molar-refractivity contribution < 1.29 is 19.4 Å². The largest absolute Gasteiger partial charge is 0.452 e. The molecule has 1 aromatic carbocycles. The van der Waals surface area contributed by atoms with Crippen LogP contribution in [0.5, 0.6) is 0 Å². The van der Waals surface area contributed by atoms with Crippen LogP contribution in [0.15, 0.2) is 30.5 Å². The number of urea groups is 1. The van der Waals surface area contributed by atoms with Crippen molar-refractivity contribution in [3.8, 4) is 0 Å². The molecule has 2 N–H and O–H groups in total. The van der Waals surface area contributed by atoms with Gasteiger partial charge in [0.05, 0.1) is 30.0 Å². The molecule has 4 rings (SSSR count). The number of aromatic nitrogens is 2. The van der Waals surface area contributed by atoms with Gasteiger partial charge in [-0.05, 0) is 44.7 Å². The van der Waals surface area contributed by atoms with Gasteiger partial charge in [-0.25, -0.2) is 14.6 Å². The van der Waals surface area contributed by atoms with E-state index in [4.69, 9.17) is 16.3 Å². The quantitative estimate of drug-likeness (QED) is 0.731. The van der Waals surface area contributed by atoms with Gasteiger partial charge in [-0.3, -0.25) is 4.90 Å². The van der Waals surface area contributed by atoms with Gasteiger partial charge in [0.15, 0.2) is 5.82 Å². The minimum absolute atomic E-state index is 0.115. The number of rotatable bonds is 3. The lowest BCUT2D eigenvalue weighted by Crippen LogP contribution is -2.52. The van der Waals surface area contributed by atoms with E-state index < -0.39 is 18.2 Å². The first-order valence-electron chi connectivity index (χ1n) is 10.2. The van der Waals surface area contributed by atoms with E-state index in [0.29, 0.717) is 35.1 Å². The Kier molecular flexibility index (Phi) is 5.97. The molecule has 1 aliphatic carbocycles. The number of nitrogens with one attached hydrogen (secondary N) is 1. The number of halogens is 1. The normalized spacial score (nSPS) is 23.4. The second-order valence-electron chi connectivity index (χ2n) is 7.71. The minimum atomic E-state index is -0.847. The van der Waals surface area contributed by atoms with E-state index in [1.165, 1.54) is 12.0 Å². The average molecular weight is 446 g/mol. The van der Waals surface area contributed by atoms with Crippen LogP contribution in [0.1, 0.15) is 44.2 Å². The van der Waals surface area contributed by atoms with Crippen molar-refractivity contribution >= 4 is 41.2 Å². The lowest BCUT2D eigenvalue weighted by atomic mass is 9.93. The fraction of sp³-hybridized carbons (Fsp3) is 0.429. The number of carbonyl (C=O) groups is 2. The summed E-state index contributed by atoms with van der Waals surface area (Å²) in [7, 11) is 1.21. The van der Waals surface area contributed by atoms with Crippen LogP contribution in [-0.4, -0.2) is 46.5 Å². The molecule has 0 saturated heterocycles. The van der Waals surface area contributed by atoms with Gasteiger partial charge in [0.2, 0.25) is 5.95 Å². The summed E-state index contributed by atoms with van der Waals surface area (Å²) in [5.74, 6) is 0.501. The number of methoxy groups -OCH3 is 1. The van der Waals surface area contributed by atoms with Crippen molar-refractivity contribution in [2.75, 3.05) is 22.2 Å². The van der Waals surface area contributed by atoms with E-state index in [0.717, 1.165) is 17.7 Å². The number of carbonyl (C=O) groups excluding carboxylic acids is 2. The van der Waals surface area contributed by atoms with Gasteiger partial charge in [0.1, 0.15) is 0 Å². The molecule has 2 heterocycles. The zero-order valence-electron chi connectivity index (χ0n) is 17.3. The van der Waals surface area contributed by atoms with Crippen LogP contribution in [0.25, 0.3) is 0 Å². The van der Waals surface area contributed by atoms with Gasteiger partial charge < -0.3 is 15.2 Å². The van der Waals surface area contributed by atoms with Gasteiger partial charge in [-0.2, -0.15) is 9.88 Å². The number of aliphatic hydroxyl groups excluding tert-OH is 1. The Hall–Kier alpha value is -2.91. The number of amides is 3. The Morgan fingerprint density at radius 3 is 2.65 bits per heavy atom. The third-order valence-electron chi connectivity index (χ3n) is 5.74. The number of aliphatic hydroxyl groups is 1. The molecule has 1 aromatic heterocycles. The summed E-state index contributed by atoms with van der Waals surface area (Å²) in [5, 5.41) is 13.3. The number of fused-ring (bicyclic) bond motifs is 1. The number of imide groups is 1. The van der Waals surface area contributed by atoms with Crippen molar-refractivity contribution in [3.05, 3.63) is 41.0 Å².